The van der Waals surface area contributed by atoms with E-state index in [0.717, 1.165) is 31.4 Å². The lowest BCUT2D eigenvalue weighted by molar-refractivity contribution is -0.142. The van der Waals surface area contributed by atoms with E-state index in [9.17, 15) is 18.0 Å². The Morgan fingerprint density at radius 3 is 2.29 bits per heavy atom. The maximum absolute atomic E-state index is 13.2. The summed E-state index contributed by atoms with van der Waals surface area (Å²) < 4.78 is 45.6. The number of alkyl halides is 3. The lowest BCUT2D eigenvalue weighted by atomic mass is 9.82. The van der Waals surface area contributed by atoms with E-state index < -0.39 is 11.7 Å². The van der Waals surface area contributed by atoms with Crippen LogP contribution in [0.15, 0.2) is 48.5 Å². The van der Waals surface area contributed by atoms with Gasteiger partial charge < -0.3 is 4.74 Å². The van der Waals surface area contributed by atoms with E-state index in [1.54, 1.807) is 12.1 Å². The molecule has 0 aliphatic carbocycles. The van der Waals surface area contributed by atoms with Crippen molar-refractivity contribution in [1.29, 1.82) is 0 Å². The first-order valence-electron chi connectivity index (χ1n) is 11.8. The maximum Gasteiger partial charge on any atom is 0.416 e. The van der Waals surface area contributed by atoms with Crippen LogP contribution in [-0.2, 0) is 15.7 Å². The number of hydrogen-bond donors (Lipinski definition) is 0. The molecule has 1 aliphatic heterocycles. The summed E-state index contributed by atoms with van der Waals surface area (Å²) >= 11 is 2.30. The van der Waals surface area contributed by atoms with Gasteiger partial charge in [-0.15, -0.1) is 0 Å². The fraction of sp³-hybridized carbons (Fsp3) is 0.519. The minimum Gasteiger partial charge on any atom is -0.469 e. The van der Waals surface area contributed by atoms with Crippen LogP contribution in [0.1, 0.15) is 74.7 Å². The van der Waals surface area contributed by atoms with Gasteiger partial charge in [0.15, 0.2) is 0 Å². The van der Waals surface area contributed by atoms with Crippen LogP contribution >= 0.6 is 22.6 Å². The van der Waals surface area contributed by atoms with E-state index in [-0.39, 0.29) is 24.0 Å². The number of esters is 1. The molecular weight excluding hydrogens is 554 g/mol. The van der Waals surface area contributed by atoms with E-state index in [2.05, 4.69) is 65.6 Å². The van der Waals surface area contributed by atoms with Gasteiger partial charge in [0, 0.05) is 22.1 Å². The predicted octanol–water partition coefficient (Wildman–Crippen LogP) is 7.80. The molecule has 0 bridgehead atoms. The van der Waals surface area contributed by atoms with Gasteiger partial charge in [0.05, 0.1) is 12.7 Å². The number of halogens is 4. The molecule has 3 rings (SSSR count). The van der Waals surface area contributed by atoms with Gasteiger partial charge in [0.2, 0.25) is 0 Å². The Morgan fingerprint density at radius 2 is 1.74 bits per heavy atom. The molecule has 0 radical (unpaired) electrons. The summed E-state index contributed by atoms with van der Waals surface area (Å²) in [4.78, 5) is 14.4. The van der Waals surface area contributed by atoms with Crippen molar-refractivity contribution in [1.82, 2.24) is 4.90 Å². The predicted molar refractivity (Wildman–Crippen MR) is 136 cm³/mol. The Kier molecular flexibility index (Phi) is 9.43. The first-order chi connectivity index (χ1) is 16.1. The Labute approximate surface area is 214 Å². The zero-order valence-electron chi connectivity index (χ0n) is 19.9. The average molecular weight is 587 g/mol. The van der Waals surface area contributed by atoms with E-state index >= 15 is 0 Å². The first kappa shape index (κ1) is 27.0. The quantitative estimate of drug-likeness (QED) is 0.233. The molecule has 1 fully saturated rings. The van der Waals surface area contributed by atoms with Gasteiger partial charge in [-0.05, 0) is 102 Å². The lowest BCUT2D eigenvalue weighted by Gasteiger charge is -2.44. The molecule has 0 spiro atoms. The van der Waals surface area contributed by atoms with Crippen LogP contribution in [-0.4, -0.2) is 24.5 Å². The second-order valence-electron chi connectivity index (χ2n) is 9.58. The summed E-state index contributed by atoms with van der Waals surface area (Å²) in [7, 11) is 1.39. The van der Waals surface area contributed by atoms with Crippen LogP contribution in [0.3, 0.4) is 0 Å². The van der Waals surface area contributed by atoms with Gasteiger partial charge in [0.1, 0.15) is 0 Å². The van der Waals surface area contributed by atoms with Gasteiger partial charge in [-0.1, -0.05) is 38.1 Å². The van der Waals surface area contributed by atoms with Crippen LogP contribution in [0, 0.1) is 15.4 Å². The third-order valence-electron chi connectivity index (χ3n) is 6.73. The normalized spacial score (nSPS) is 20.4. The van der Waals surface area contributed by atoms with Gasteiger partial charge in [0.25, 0.3) is 0 Å². The zero-order valence-corrected chi connectivity index (χ0v) is 22.1. The number of piperidine rings is 1. The molecule has 0 amide bonds. The molecule has 1 saturated heterocycles. The lowest BCUT2D eigenvalue weighted by Crippen LogP contribution is -2.40. The van der Waals surface area contributed by atoms with Gasteiger partial charge in [-0.3, -0.25) is 9.69 Å². The van der Waals surface area contributed by atoms with Crippen LogP contribution in [0.25, 0.3) is 0 Å². The number of carbonyl (C=O) groups is 1. The summed E-state index contributed by atoms with van der Waals surface area (Å²) in [6, 6.07) is 14.2. The number of methoxy groups -OCH3 is 1. The third-order valence-corrected chi connectivity index (χ3v) is 7.45. The number of ether oxygens (including phenoxy) is 1. The highest BCUT2D eigenvalue weighted by Gasteiger charge is 2.36. The number of rotatable bonds is 8. The number of likely N-dealkylation sites (tertiary alicyclic amines) is 1. The first-order valence-corrected chi connectivity index (χ1v) is 12.9. The molecule has 2 aromatic carbocycles. The Balaban J connectivity index is 1.96. The number of nitrogens with zero attached hydrogens (tertiary/aromatic N) is 1. The molecule has 7 heteroatoms. The topological polar surface area (TPSA) is 29.5 Å². The van der Waals surface area contributed by atoms with Crippen molar-refractivity contribution in [3.05, 3.63) is 68.8 Å². The molecule has 0 unspecified atom stereocenters. The van der Waals surface area contributed by atoms with Crippen molar-refractivity contribution < 1.29 is 22.7 Å². The van der Waals surface area contributed by atoms with Crippen LogP contribution in [0.5, 0.6) is 0 Å². The molecule has 1 heterocycles. The van der Waals surface area contributed by atoms with Gasteiger partial charge in [-0.2, -0.15) is 13.2 Å². The van der Waals surface area contributed by atoms with Crippen molar-refractivity contribution in [2.24, 2.45) is 11.8 Å². The number of carbonyl (C=O) groups excluding carboxylic acids is 1. The zero-order chi connectivity index (χ0) is 24.9. The van der Waals surface area contributed by atoms with Crippen LogP contribution in [0.2, 0.25) is 0 Å². The highest BCUT2D eigenvalue weighted by Crippen LogP contribution is 2.43. The molecule has 0 aromatic heterocycles. The molecule has 1 aliphatic rings. The Bertz CT molecular complexity index is 928. The Hall–Kier alpha value is -1.61. The summed E-state index contributed by atoms with van der Waals surface area (Å²) in [5.41, 5.74) is 1.45. The third kappa shape index (κ3) is 7.20. The van der Waals surface area contributed by atoms with Crippen LogP contribution < -0.4 is 0 Å². The van der Waals surface area contributed by atoms with Crippen molar-refractivity contribution >= 4 is 28.6 Å². The monoisotopic (exact) mass is 587 g/mol. The smallest absolute Gasteiger partial charge is 0.416 e. The summed E-state index contributed by atoms with van der Waals surface area (Å²) in [5, 5.41) is 0. The summed E-state index contributed by atoms with van der Waals surface area (Å²) in [6.45, 7) is 5.20. The maximum atomic E-state index is 13.2. The standard InChI is InChI=1S/C27H33F3INO2/c1-18(2)4-13-24(20-7-11-23(31)12-8-20)32-15-14-19(17-26(33)34-3)16-25(32)21-5-9-22(10-6-21)27(28,29)30/h5-12,18-19,24-25H,4,13-17H2,1-3H3/t19-,24-,25+/m0/s1. The fourth-order valence-electron chi connectivity index (χ4n) is 4.86. The summed E-state index contributed by atoms with van der Waals surface area (Å²) in [5.74, 6) is 0.449. The Morgan fingerprint density at radius 1 is 1.09 bits per heavy atom. The molecular formula is C27H33F3INO2. The highest BCUT2D eigenvalue weighted by molar-refractivity contribution is 14.1. The van der Waals surface area contributed by atoms with E-state index in [4.69, 9.17) is 4.74 Å². The number of benzene rings is 2. The largest absolute Gasteiger partial charge is 0.469 e. The minimum absolute atomic E-state index is 0.0675. The average Bonchev–Trinajstić information content (AvgIpc) is 2.80. The number of hydrogen-bond acceptors (Lipinski definition) is 3. The molecule has 2 aromatic rings. The van der Waals surface area contributed by atoms with Gasteiger partial charge in [-0.25, -0.2) is 0 Å². The molecule has 3 atom stereocenters. The van der Waals surface area contributed by atoms with Crippen molar-refractivity contribution in [2.45, 2.75) is 64.2 Å². The minimum atomic E-state index is -4.36. The SMILES string of the molecule is COC(=O)C[C@H]1CCN([C@@H](CCC(C)C)c2ccc(I)cc2)[C@@H](c2ccc(C(F)(F)F)cc2)C1. The van der Waals surface area contributed by atoms with Crippen molar-refractivity contribution in [3.8, 4) is 0 Å². The molecule has 34 heavy (non-hydrogen) atoms. The summed E-state index contributed by atoms with van der Waals surface area (Å²) in [6.07, 6.45) is -0.436. The molecule has 0 N–H and O–H groups in total. The van der Waals surface area contributed by atoms with E-state index in [1.807, 2.05) is 0 Å². The van der Waals surface area contributed by atoms with Gasteiger partial charge >= 0.3 is 12.1 Å². The second kappa shape index (κ2) is 11.9. The highest BCUT2D eigenvalue weighted by atomic mass is 127. The molecule has 3 nitrogen and oxygen atoms in total. The van der Waals surface area contributed by atoms with E-state index in [0.29, 0.717) is 18.8 Å². The van der Waals surface area contributed by atoms with Crippen LogP contribution in [0.4, 0.5) is 13.2 Å². The second-order valence-corrected chi connectivity index (χ2v) is 10.8. The van der Waals surface area contributed by atoms with Crippen molar-refractivity contribution in [3.63, 3.8) is 0 Å². The molecule has 0 saturated carbocycles. The molecule has 186 valence electrons. The van der Waals surface area contributed by atoms with E-state index in [1.165, 1.54) is 28.4 Å². The van der Waals surface area contributed by atoms with Crippen molar-refractivity contribution in [2.75, 3.05) is 13.7 Å². The fourth-order valence-corrected chi connectivity index (χ4v) is 5.22.